The summed E-state index contributed by atoms with van der Waals surface area (Å²) in [5.74, 6) is 0.871. The zero-order chi connectivity index (χ0) is 19.9. The fourth-order valence-corrected chi connectivity index (χ4v) is 3.02. The summed E-state index contributed by atoms with van der Waals surface area (Å²) in [5, 5.41) is 3.75. The summed E-state index contributed by atoms with van der Waals surface area (Å²) >= 11 is 0. The molecule has 0 saturated carbocycles. The number of methoxy groups -OCH3 is 1. The van der Waals surface area contributed by atoms with Crippen molar-refractivity contribution in [2.24, 2.45) is 11.8 Å². The molecule has 1 rings (SSSR count). The van der Waals surface area contributed by atoms with Gasteiger partial charge in [0, 0.05) is 19.7 Å². The van der Waals surface area contributed by atoms with Crippen molar-refractivity contribution in [2.45, 2.75) is 39.8 Å². The lowest BCUT2D eigenvalue weighted by Crippen LogP contribution is -2.40. The predicted octanol–water partition coefficient (Wildman–Crippen LogP) is 4.58. The second kappa shape index (κ2) is 14.6. The van der Waals surface area contributed by atoms with E-state index in [2.05, 4.69) is 69.1 Å². The van der Waals surface area contributed by atoms with Crippen molar-refractivity contribution in [2.75, 3.05) is 33.7 Å². The third-order valence-corrected chi connectivity index (χ3v) is 4.56. The molecule has 0 fully saturated rings. The van der Waals surface area contributed by atoms with Crippen LogP contribution in [-0.4, -0.2) is 39.8 Å². The zero-order valence-corrected chi connectivity index (χ0v) is 17.4. The number of benzene rings is 1. The van der Waals surface area contributed by atoms with Gasteiger partial charge in [-0.25, -0.2) is 0 Å². The molecule has 0 radical (unpaired) electrons. The maximum Gasteiger partial charge on any atom is 0.146 e. The molecular weight excluding hydrogens is 338 g/mol. The smallest absolute Gasteiger partial charge is 0.146 e. The molecule has 152 valence electrons. The number of rotatable bonds is 15. The first kappa shape index (κ1) is 23.6. The van der Waals surface area contributed by atoms with Gasteiger partial charge in [0.25, 0.3) is 0 Å². The average molecular weight is 376 g/mol. The summed E-state index contributed by atoms with van der Waals surface area (Å²) in [5.41, 5.74) is 2.50. The summed E-state index contributed by atoms with van der Waals surface area (Å²) in [4.78, 5) is 0. The Balaban J connectivity index is 2.62. The molecule has 1 N–H and O–H groups in total. The summed E-state index contributed by atoms with van der Waals surface area (Å²) in [6, 6.07) is 10.9. The van der Waals surface area contributed by atoms with Crippen LogP contribution in [0.15, 0.2) is 54.6 Å². The lowest BCUT2D eigenvalue weighted by Gasteiger charge is -2.30. The molecule has 2 atom stereocenters. The number of allylic oxidation sites excluding steroid dienone is 2. The molecule has 0 aliphatic rings. The number of ether oxygens (including phenoxy) is 3. The number of nitrogens with one attached hydrogen (secondary N) is 1. The van der Waals surface area contributed by atoms with Gasteiger partial charge >= 0.3 is 0 Å². The summed E-state index contributed by atoms with van der Waals surface area (Å²) in [6.07, 6.45) is 5.16. The second-order valence-electron chi connectivity index (χ2n) is 7.13. The standard InChI is InChI=1S/C23H37NO3/c1-6-20(4)16-22(12-13-26-18-27-15-14-25-5)23(19(2)3)24-17-21-10-8-7-9-11-21/h6-11,16,19,22-24H,1,12-15,17-18H2,2-5H3/b20-16+/t22-,23+/m1/s1. The van der Waals surface area contributed by atoms with E-state index in [0.29, 0.717) is 44.5 Å². The molecule has 0 bridgehead atoms. The maximum atomic E-state index is 5.66. The monoisotopic (exact) mass is 375 g/mol. The molecule has 0 aliphatic heterocycles. The lowest BCUT2D eigenvalue weighted by molar-refractivity contribution is -0.0683. The maximum absolute atomic E-state index is 5.66. The molecule has 0 unspecified atom stereocenters. The van der Waals surface area contributed by atoms with Gasteiger partial charge < -0.3 is 19.5 Å². The Morgan fingerprint density at radius 3 is 2.44 bits per heavy atom. The summed E-state index contributed by atoms with van der Waals surface area (Å²) in [6.45, 7) is 13.5. The first-order valence-electron chi connectivity index (χ1n) is 9.81. The lowest BCUT2D eigenvalue weighted by atomic mass is 9.86. The van der Waals surface area contributed by atoms with Gasteiger partial charge in [-0.2, -0.15) is 0 Å². The van der Waals surface area contributed by atoms with Crippen LogP contribution in [0.2, 0.25) is 0 Å². The SMILES string of the molecule is C=C/C(C)=C/[C@@H](CCOCOCCOC)[C@@H](NCc1ccccc1)C(C)C. The van der Waals surface area contributed by atoms with Crippen LogP contribution in [0.3, 0.4) is 0 Å². The minimum Gasteiger partial charge on any atom is -0.382 e. The molecular formula is C23H37NO3. The highest BCUT2D eigenvalue weighted by Gasteiger charge is 2.22. The van der Waals surface area contributed by atoms with Crippen LogP contribution in [0.1, 0.15) is 32.8 Å². The van der Waals surface area contributed by atoms with E-state index < -0.39 is 0 Å². The van der Waals surface area contributed by atoms with Crippen LogP contribution in [0, 0.1) is 11.8 Å². The van der Waals surface area contributed by atoms with Gasteiger partial charge in [0.15, 0.2) is 0 Å². The third kappa shape index (κ3) is 10.5. The largest absolute Gasteiger partial charge is 0.382 e. The Kier molecular flexibility index (Phi) is 12.7. The van der Waals surface area contributed by atoms with Crippen molar-refractivity contribution < 1.29 is 14.2 Å². The summed E-state index contributed by atoms with van der Waals surface area (Å²) in [7, 11) is 1.66. The molecule has 0 heterocycles. The van der Waals surface area contributed by atoms with E-state index in [-0.39, 0.29) is 0 Å². The average Bonchev–Trinajstić information content (AvgIpc) is 2.67. The normalized spacial score (nSPS) is 14.3. The highest BCUT2D eigenvalue weighted by atomic mass is 16.7. The second-order valence-corrected chi connectivity index (χ2v) is 7.13. The van der Waals surface area contributed by atoms with Gasteiger partial charge in [-0.1, -0.05) is 68.5 Å². The van der Waals surface area contributed by atoms with Gasteiger partial charge in [-0.05, 0) is 30.7 Å². The van der Waals surface area contributed by atoms with Gasteiger partial charge in [-0.3, -0.25) is 0 Å². The first-order valence-corrected chi connectivity index (χ1v) is 9.81. The van der Waals surface area contributed by atoms with E-state index in [9.17, 15) is 0 Å². The number of hydrogen-bond donors (Lipinski definition) is 1. The highest BCUT2D eigenvalue weighted by molar-refractivity contribution is 5.17. The first-order chi connectivity index (χ1) is 13.1. The molecule has 0 aliphatic carbocycles. The molecule has 0 spiro atoms. The van der Waals surface area contributed by atoms with Crippen molar-refractivity contribution in [3.8, 4) is 0 Å². The molecule has 4 nitrogen and oxygen atoms in total. The molecule has 1 aromatic rings. The molecule has 0 amide bonds. The van der Waals surface area contributed by atoms with Crippen molar-refractivity contribution in [3.63, 3.8) is 0 Å². The Morgan fingerprint density at radius 2 is 1.81 bits per heavy atom. The van der Waals surface area contributed by atoms with Crippen molar-refractivity contribution in [1.82, 2.24) is 5.32 Å². The Hall–Kier alpha value is -1.46. The zero-order valence-electron chi connectivity index (χ0n) is 17.4. The van der Waals surface area contributed by atoms with E-state index in [1.54, 1.807) is 7.11 Å². The molecule has 0 aromatic heterocycles. The van der Waals surface area contributed by atoms with Crippen LogP contribution < -0.4 is 5.32 Å². The van der Waals surface area contributed by atoms with E-state index in [1.807, 2.05) is 6.08 Å². The molecule has 27 heavy (non-hydrogen) atoms. The Bertz CT molecular complexity index is 528. The van der Waals surface area contributed by atoms with Crippen molar-refractivity contribution in [3.05, 3.63) is 60.2 Å². The fourth-order valence-electron chi connectivity index (χ4n) is 3.02. The van der Waals surface area contributed by atoms with Crippen molar-refractivity contribution in [1.29, 1.82) is 0 Å². The van der Waals surface area contributed by atoms with Crippen LogP contribution in [0.4, 0.5) is 0 Å². The van der Waals surface area contributed by atoms with Crippen molar-refractivity contribution >= 4 is 0 Å². The Labute approximate surface area is 165 Å². The topological polar surface area (TPSA) is 39.7 Å². The third-order valence-electron chi connectivity index (χ3n) is 4.56. The van der Waals surface area contributed by atoms with Gasteiger partial charge in [-0.15, -0.1) is 0 Å². The van der Waals surface area contributed by atoms with Crippen LogP contribution >= 0.6 is 0 Å². The van der Waals surface area contributed by atoms with Crippen LogP contribution in [-0.2, 0) is 20.8 Å². The van der Waals surface area contributed by atoms with Gasteiger partial charge in [0.2, 0.25) is 0 Å². The van der Waals surface area contributed by atoms with Crippen LogP contribution in [0.25, 0.3) is 0 Å². The molecule has 4 heteroatoms. The van der Waals surface area contributed by atoms with E-state index in [4.69, 9.17) is 14.2 Å². The summed E-state index contributed by atoms with van der Waals surface area (Å²) < 4.78 is 16.0. The minimum atomic E-state index is 0.310. The molecule has 1 aromatic carbocycles. The highest BCUT2D eigenvalue weighted by Crippen LogP contribution is 2.21. The van der Waals surface area contributed by atoms with Gasteiger partial charge in [0.05, 0.1) is 19.8 Å². The number of hydrogen-bond acceptors (Lipinski definition) is 4. The van der Waals surface area contributed by atoms with Gasteiger partial charge in [0.1, 0.15) is 6.79 Å². The van der Waals surface area contributed by atoms with E-state index >= 15 is 0 Å². The predicted molar refractivity (Wildman–Crippen MR) is 113 cm³/mol. The fraction of sp³-hybridized carbons (Fsp3) is 0.565. The Morgan fingerprint density at radius 1 is 1.11 bits per heavy atom. The minimum absolute atomic E-state index is 0.310. The molecule has 0 saturated heterocycles. The van der Waals surface area contributed by atoms with E-state index in [0.717, 1.165) is 13.0 Å². The van der Waals surface area contributed by atoms with Crippen LogP contribution in [0.5, 0.6) is 0 Å². The quantitative estimate of drug-likeness (QED) is 0.277. The van der Waals surface area contributed by atoms with E-state index in [1.165, 1.54) is 11.1 Å².